The van der Waals surface area contributed by atoms with Gasteiger partial charge in [-0.1, -0.05) is 48.9 Å². The molecule has 1 aliphatic carbocycles. The lowest BCUT2D eigenvalue weighted by atomic mass is 10.0. The van der Waals surface area contributed by atoms with E-state index < -0.39 is 0 Å². The van der Waals surface area contributed by atoms with Crippen molar-refractivity contribution in [3.8, 4) is 0 Å². The first-order valence-corrected chi connectivity index (χ1v) is 7.81. The van der Waals surface area contributed by atoms with E-state index in [4.69, 9.17) is 5.73 Å². The molecule has 1 aromatic carbocycles. The molecule has 0 bridgehead atoms. The fraction of sp³-hybridized carbons (Fsp3) is 0.333. The third-order valence-corrected chi connectivity index (χ3v) is 4.12. The first kappa shape index (κ1) is 17.4. The van der Waals surface area contributed by atoms with Crippen LogP contribution in [0.15, 0.2) is 48.3 Å². The predicted molar refractivity (Wildman–Crippen MR) is 97.1 cm³/mol. The molecule has 2 aromatic rings. The van der Waals surface area contributed by atoms with Gasteiger partial charge in [0.15, 0.2) is 0 Å². The van der Waals surface area contributed by atoms with Crippen molar-refractivity contribution in [3.63, 3.8) is 0 Å². The first-order chi connectivity index (χ1) is 10.8. The van der Waals surface area contributed by atoms with Gasteiger partial charge in [0.2, 0.25) is 5.95 Å². The molecule has 2 atom stereocenters. The Bertz CT molecular complexity index is 640. The average Bonchev–Trinajstić information content (AvgIpc) is 3.32. The SMILES string of the molecule is CC/C(=C\c1ccccc1)C1CC1NCc1cnc(N)nc1.Cl. The molecule has 0 radical (unpaired) electrons. The maximum Gasteiger partial charge on any atom is 0.219 e. The summed E-state index contributed by atoms with van der Waals surface area (Å²) in [6.07, 6.45) is 8.21. The Morgan fingerprint density at radius 3 is 2.61 bits per heavy atom. The van der Waals surface area contributed by atoms with Crippen molar-refractivity contribution in [1.29, 1.82) is 0 Å². The lowest BCUT2D eigenvalue weighted by Gasteiger charge is -2.07. The summed E-state index contributed by atoms with van der Waals surface area (Å²) >= 11 is 0. The summed E-state index contributed by atoms with van der Waals surface area (Å²) in [5.41, 5.74) is 9.39. The number of hydrogen-bond acceptors (Lipinski definition) is 4. The number of nitrogen functional groups attached to an aromatic ring is 1. The van der Waals surface area contributed by atoms with Gasteiger partial charge in [-0.3, -0.25) is 0 Å². The molecule has 1 aliphatic rings. The monoisotopic (exact) mass is 330 g/mol. The van der Waals surface area contributed by atoms with Crippen LogP contribution < -0.4 is 11.1 Å². The molecule has 1 saturated carbocycles. The molecule has 23 heavy (non-hydrogen) atoms. The Morgan fingerprint density at radius 2 is 1.96 bits per heavy atom. The molecule has 2 unspecified atom stereocenters. The van der Waals surface area contributed by atoms with Crippen molar-refractivity contribution < 1.29 is 0 Å². The van der Waals surface area contributed by atoms with Gasteiger partial charge in [-0.2, -0.15) is 0 Å². The molecule has 1 fully saturated rings. The summed E-state index contributed by atoms with van der Waals surface area (Å²) in [7, 11) is 0. The molecule has 122 valence electrons. The van der Waals surface area contributed by atoms with E-state index in [-0.39, 0.29) is 12.4 Å². The summed E-state index contributed by atoms with van der Waals surface area (Å²) in [6, 6.07) is 11.1. The van der Waals surface area contributed by atoms with Crippen LogP contribution in [0, 0.1) is 5.92 Å². The number of aromatic nitrogens is 2. The van der Waals surface area contributed by atoms with E-state index in [0.717, 1.165) is 18.5 Å². The van der Waals surface area contributed by atoms with Gasteiger partial charge in [-0.25, -0.2) is 9.97 Å². The van der Waals surface area contributed by atoms with Gasteiger partial charge in [0, 0.05) is 30.5 Å². The second-order valence-corrected chi connectivity index (χ2v) is 5.76. The highest BCUT2D eigenvalue weighted by Crippen LogP contribution is 2.39. The summed E-state index contributed by atoms with van der Waals surface area (Å²) < 4.78 is 0. The fourth-order valence-electron chi connectivity index (χ4n) is 2.77. The third kappa shape index (κ3) is 4.78. The molecule has 0 aliphatic heterocycles. The van der Waals surface area contributed by atoms with Gasteiger partial charge in [-0.15, -0.1) is 12.4 Å². The molecule has 1 aromatic heterocycles. The Hall–Kier alpha value is -1.91. The smallest absolute Gasteiger partial charge is 0.219 e. The molecular weight excluding hydrogens is 308 g/mol. The van der Waals surface area contributed by atoms with Gasteiger partial charge in [-0.05, 0) is 24.3 Å². The molecule has 4 nitrogen and oxygen atoms in total. The number of nitrogens with zero attached hydrogens (tertiary/aromatic N) is 2. The number of nitrogens with two attached hydrogens (primary N) is 1. The van der Waals surface area contributed by atoms with Crippen molar-refractivity contribution >= 4 is 24.4 Å². The Morgan fingerprint density at radius 1 is 1.26 bits per heavy atom. The van der Waals surface area contributed by atoms with E-state index in [1.54, 1.807) is 12.4 Å². The zero-order valence-corrected chi connectivity index (χ0v) is 14.1. The number of benzene rings is 1. The van der Waals surface area contributed by atoms with Gasteiger partial charge < -0.3 is 11.1 Å². The van der Waals surface area contributed by atoms with Crippen molar-refractivity contribution in [2.24, 2.45) is 5.92 Å². The quantitative estimate of drug-likeness (QED) is 0.851. The largest absolute Gasteiger partial charge is 0.368 e. The van der Waals surface area contributed by atoms with Crippen LogP contribution in [0.5, 0.6) is 0 Å². The minimum atomic E-state index is 0. The number of nitrogens with one attached hydrogen (secondary N) is 1. The molecule has 3 N–H and O–H groups in total. The van der Waals surface area contributed by atoms with Crippen LogP contribution in [0.25, 0.3) is 6.08 Å². The van der Waals surface area contributed by atoms with E-state index in [1.807, 2.05) is 0 Å². The van der Waals surface area contributed by atoms with Crippen molar-refractivity contribution in [2.45, 2.75) is 32.4 Å². The molecule has 1 heterocycles. The van der Waals surface area contributed by atoms with Crippen LogP contribution in [0.3, 0.4) is 0 Å². The lowest BCUT2D eigenvalue weighted by molar-refractivity contribution is 0.652. The second kappa shape index (κ2) is 8.09. The normalized spacial score (nSPS) is 20.0. The summed E-state index contributed by atoms with van der Waals surface area (Å²) in [6.45, 7) is 3.03. The number of rotatable bonds is 6. The summed E-state index contributed by atoms with van der Waals surface area (Å²) in [4.78, 5) is 8.04. The summed E-state index contributed by atoms with van der Waals surface area (Å²) in [5.74, 6) is 0.979. The number of halogens is 1. The standard InChI is InChI=1S/C18H22N4.ClH/c1-2-15(8-13-6-4-3-5-7-13)16-9-17(16)20-10-14-11-21-18(19)22-12-14;/h3-8,11-12,16-17,20H,2,9-10H2,1H3,(H2,19,21,22);1H/b15-8+;. The highest BCUT2D eigenvalue weighted by molar-refractivity contribution is 5.85. The minimum Gasteiger partial charge on any atom is -0.368 e. The van der Waals surface area contributed by atoms with E-state index in [0.29, 0.717) is 17.9 Å². The molecule has 0 saturated heterocycles. The van der Waals surface area contributed by atoms with Gasteiger partial charge >= 0.3 is 0 Å². The van der Waals surface area contributed by atoms with E-state index in [2.05, 4.69) is 58.6 Å². The van der Waals surface area contributed by atoms with Gasteiger partial charge in [0.1, 0.15) is 0 Å². The Labute approximate surface area is 143 Å². The molecule has 3 rings (SSSR count). The van der Waals surface area contributed by atoms with E-state index in [1.165, 1.54) is 17.6 Å². The van der Waals surface area contributed by atoms with Crippen LogP contribution in [-0.4, -0.2) is 16.0 Å². The van der Waals surface area contributed by atoms with Crippen molar-refractivity contribution in [2.75, 3.05) is 5.73 Å². The Balaban J connectivity index is 0.00000192. The van der Waals surface area contributed by atoms with Crippen LogP contribution >= 0.6 is 12.4 Å². The molecule has 0 spiro atoms. The highest BCUT2D eigenvalue weighted by Gasteiger charge is 2.38. The maximum atomic E-state index is 5.50. The van der Waals surface area contributed by atoms with Gasteiger partial charge in [0.25, 0.3) is 0 Å². The topological polar surface area (TPSA) is 63.8 Å². The zero-order valence-electron chi connectivity index (χ0n) is 13.3. The molecule has 5 heteroatoms. The number of hydrogen-bond donors (Lipinski definition) is 2. The minimum absolute atomic E-state index is 0. The summed E-state index contributed by atoms with van der Waals surface area (Å²) in [5, 5.41) is 3.58. The van der Waals surface area contributed by atoms with E-state index in [9.17, 15) is 0 Å². The van der Waals surface area contributed by atoms with Crippen LogP contribution in [-0.2, 0) is 6.54 Å². The Kier molecular flexibility index (Phi) is 6.13. The first-order valence-electron chi connectivity index (χ1n) is 7.81. The van der Waals surface area contributed by atoms with Crippen LogP contribution in [0.2, 0.25) is 0 Å². The van der Waals surface area contributed by atoms with Crippen LogP contribution in [0.4, 0.5) is 5.95 Å². The highest BCUT2D eigenvalue weighted by atomic mass is 35.5. The van der Waals surface area contributed by atoms with Crippen molar-refractivity contribution in [1.82, 2.24) is 15.3 Å². The average molecular weight is 331 g/mol. The fourth-order valence-corrected chi connectivity index (χ4v) is 2.77. The molecular formula is C18H23ClN4. The maximum absolute atomic E-state index is 5.50. The third-order valence-electron chi connectivity index (χ3n) is 4.12. The lowest BCUT2D eigenvalue weighted by Crippen LogP contribution is -2.18. The second-order valence-electron chi connectivity index (χ2n) is 5.76. The van der Waals surface area contributed by atoms with E-state index >= 15 is 0 Å². The van der Waals surface area contributed by atoms with Crippen molar-refractivity contribution in [3.05, 3.63) is 59.4 Å². The predicted octanol–water partition coefficient (Wildman–Crippen LogP) is 3.45. The van der Waals surface area contributed by atoms with Gasteiger partial charge in [0.05, 0.1) is 0 Å². The number of anilines is 1. The molecule has 0 amide bonds. The van der Waals surface area contributed by atoms with Crippen LogP contribution in [0.1, 0.15) is 30.9 Å². The zero-order chi connectivity index (χ0) is 15.4.